The van der Waals surface area contributed by atoms with Gasteiger partial charge < -0.3 is 5.32 Å². The van der Waals surface area contributed by atoms with Gasteiger partial charge in [-0.15, -0.1) is 0 Å². The van der Waals surface area contributed by atoms with Crippen LogP contribution in [0, 0.1) is 0 Å². The maximum atomic E-state index is 11.8. The zero-order chi connectivity index (χ0) is 23.1. The summed E-state index contributed by atoms with van der Waals surface area (Å²) in [5, 5.41) is 2.93. The van der Waals surface area contributed by atoms with Crippen molar-refractivity contribution in [3.05, 3.63) is 119 Å². The molecule has 0 aliphatic carbocycles. The number of nitrogens with zero attached hydrogens (tertiary/aromatic N) is 4. The lowest BCUT2D eigenvalue weighted by Crippen LogP contribution is -2.08. The molecule has 0 atom stereocenters. The molecule has 0 spiro atoms. The molecule has 8 bridgehead atoms. The number of rotatable bonds is 2. The zero-order valence-corrected chi connectivity index (χ0v) is 18.4. The number of allylic oxidation sites excluding steroid dienone is 12. The molecule has 1 N–H and O–H groups in total. The SMILES string of the molecule is CC(=O)Nc1ccccc1C1=CC2=NC1=CC1=NC(=CC3=NC(=CC4=NC(=C2)C=C4)C=C3)C=C1. The predicted octanol–water partition coefficient (Wildman–Crippen LogP) is 5.06. The van der Waals surface area contributed by atoms with Crippen LogP contribution in [0.1, 0.15) is 12.5 Å². The summed E-state index contributed by atoms with van der Waals surface area (Å²) in [4.78, 5) is 30.7. The van der Waals surface area contributed by atoms with Crippen LogP contribution in [-0.2, 0) is 4.79 Å². The first-order valence-corrected chi connectivity index (χ1v) is 10.9. The summed E-state index contributed by atoms with van der Waals surface area (Å²) in [6.07, 6.45) is 21.6. The van der Waals surface area contributed by atoms with Crippen LogP contribution in [0.2, 0.25) is 0 Å². The highest BCUT2D eigenvalue weighted by molar-refractivity contribution is 6.19. The van der Waals surface area contributed by atoms with Crippen LogP contribution in [-0.4, -0.2) is 28.8 Å². The van der Waals surface area contributed by atoms with Crippen molar-refractivity contribution in [1.29, 1.82) is 0 Å². The van der Waals surface area contributed by atoms with Gasteiger partial charge in [0.05, 0.1) is 45.6 Å². The second kappa shape index (κ2) is 8.01. The van der Waals surface area contributed by atoms with E-state index < -0.39 is 0 Å². The molecule has 6 heteroatoms. The van der Waals surface area contributed by atoms with Crippen LogP contribution in [0.25, 0.3) is 5.57 Å². The van der Waals surface area contributed by atoms with E-state index >= 15 is 0 Å². The number of amides is 1. The Morgan fingerprint density at radius 3 is 1.82 bits per heavy atom. The fourth-order valence-corrected chi connectivity index (χ4v) is 4.13. The minimum Gasteiger partial charge on any atom is -0.326 e. The molecular weight excluding hydrogens is 422 g/mol. The predicted molar refractivity (Wildman–Crippen MR) is 138 cm³/mol. The molecule has 0 saturated heterocycles. The second-order valence-corrected chi connectivity index (χ2v) is 8.17. The van der Waals surface area contributed by atoms with Gasteiger partial charge in [-0.3, -0.25) is 4.79 Å². The van der Waals surface area contributed by atoms with Crippen molar-refractivity contribution in [3.63, 3.8) is 0 Å². The Labute approximate surface area is 196 Å². The van der Waals surface area contributed by atoms with Gasteiger partial charge in [0, 0.05) is 23.7 Å². The van der Waals surface area contributed by atoms with Crippen molar-refractivity contribution in [2.24, 2.45) is 20.0 Å². The van der Waals surface area contributed by atoms with Gasteiger partial charge in [0.2, 0.25) is 5.91 Å². The van der Waals surface area contributed by atoms with Crippen LogP contribution in [0.3, 0.4) is 0 Å². The number of hydrogen-bond donors (Lipinski definition) is 1. The summed E-state index contributed by atoms with van der Waals surface area (Å²) < 4.78 is 0. The monoisotopic (exact) mass is 441 g/mol. The van der Waals surface area contributed by atoms with E-state index in [2.05, 4.69) is 10.3 Å². The van der Waals surface area contributed by atoms with Crippen molar-refractivity contribution in [1.82, 2.24) is 0 Å². The topological polar surface area (TPSA) is 78.5 Å². The first-order chi connectivity index (χ1) is 16.6. The van der Waals surface area contributed by atoms with Crippen molar-refractivity contribution in [2.75, 3.05) is 5.32 Å². The standard InChI is InChI=1S/C28H19N5O/c1-17(34)29-27-5-3-2-4-25(27)26-15-24-14-22-9-8-20(31-22)12-18-6-7-19(30-18)13-21-10-11-23(32-21)16-28(26)33-24/h2-16H,1H3,(H,29,34). The Bertz CT molecular complexity index is 1530. The number of carbonyl (C=O) groups excluding carboxylic acids is 1. The first-order valence-electron chi connectivity index (χ1n) is 10.9. The number of carbonyl (C=O) groups is 1. The summed E-state index contributed by atoms with van der Waals surface area (Å²) in [6, 6.07) is 7.72. The van der Waals surface area contributed by atoms with Crippen LogP contribution in [0.5, 0.6) is 0 Å². The molecule has 5 heterocycles. The summed E-state index contributed by atoms with van der Waals surface area (Å²) in [5.41, 5.74) is 9.08. The molecule has 0 fully saturated rings. The number of anilines is 1. The van der Waals surface area contributed by atoms with Crippen LogP contribution in [0.4, 0.5) is 5.69 Å². The third-order valence-electron chi connectivity index (χ3n) is 5.57. The maximum absolute atomic E-state index is 11.8. The van der Waals surface area contributed by atoms with Gasteiger partial charge in [-0.25, -0.2) is 20.0 Å². The molecule has 1 amide bonds. The molecule has 0 radical (unpaired) electrons. The molecule has 5 aliphatic rings. The van der Waals surface area contributed by atoms with Crippen LogP contribution < -0.4 is 5.32 Å². The Morgan fingerprint density at radius 2 is 1.21 bits per heavy atom. The number of para-hydroxylation sites is 1. The normalized spacial score (nSPS) is 19.5. The largest absolute Gasteiger partial charge is 0.326 e. The highest BCUT2D eigenvalue weighted by atomic mass is 16.1. The Kier molecular flexibility index (Phi) is 4.70. The molecule has 34 heavy (non-hydrogen) atoms. The van der Waals surface area contributed by atoms with Crippen LogP contribution in [0.15, 0.2) is 134 Å². The minimum atomic E-state index is -0.124. The van der Waals surface area contributed by atoms with Crippen molar-refractivity contribution >= 4 is 40.0 Å². The molecule has 1 aromatic rings. The van der Waals surface area contributed by atoms with Crippen molar-refractivity contribution < 1.29 is 4.79 Å². The second-order valence-electron chi connectivity index (χ2n) is 8.17. The smallest absolute Gasteiger partial charge is 0.221 e. The van der Waals surface area contributed by atoms with Crippen molar-refractivity contribution in [2.45, 2.75) is 6.92 Å². The molecule has 5 aliphatic heterocycles. The molecule has 0 aromatic heterocycles. The quantitative estimate of drug-likeness (QED) is 0.684. The number of fused-ring (bicyclic) bond motifs is 4. The van der Waals surface area contributed by atoms with E-state index in [1.54, 1.807) is 0 Å². The Balaban J connectivity index is 1.50. The van der Waals surface area contributed by atoms with E-state index in [1.165, 1.54) is 6.92 Å². The number of nitrogens with one attached hydrogen (secondary N) is 1. The molecule has 162 valence electrons. The van der Waals surface area contributed by atoms with Gasteiger partial charge in [-0.2, -0.15) is 0 Å². The van der Waals surface area contributed by atoms with Gasteiger partial charge in [-0.1, -0.05) is 18.2 Å². The Hall–Kier alpha value is -4.71. The third kappa shape index (κ3) is 3.93. The lowest BCUT2D eigenvalue weighted by molar-refractivity contribution is -0.114. The summed E-state index contributed by atoms with van der Waals surface area (Å²) in [6.45, 7) is 1.50. The minimum absolute atomic E-state index is 0.124. The number of aliphatic imine (C=N–C) groups is 4. The van der Waals surface area contributed by atoms with E-state index in [9.17, 15) is 4.79 Å². The Morgan fingerprint density at radius 1 is 0.647 bits per heavy atom. The average molecular weight is 441 g/mol. The highest BCUT2D eigenvalue weighted by Crippen LogP contribution is 2.35. The summed E-state index contributed by atoms with van der Waals surface area (Å²) in [5.74, 6) is -0.124. The first kappa shape index (κ1) is 19.9. The number of benzene rings is 1. The van der Waals surface area contributed by atoms with Gasteiger partial charge in [-0.05, 0) is 72.9 Å². The molecule has 6 rings (SSSR count). The summed E-state index contributed by atoms with van der Waals surface area (Å²) >= 11 is 0. The van der Waals surface area contributed by atoms with Gasteiger partial charge in [0.25, 0.3) is 0 Å². The van der Waals surface area contributed by atoms with Gasteiger partial charge in [0.15, 0.2) is 0 Å². The molecule has 0 unspecified atom stereocenters. The zero-order valence-electron chi connectivity index (χ0n) is 18.4. The van der Waals surface area contributed by atoms with Gasteiger partial charge >= 0.3 is 0 Å². The highest BCUT2D eigenvalue weighted by Gasteiger charge is 2.20. The third-order valence-corrected chi connectivity index (χ3v) is 5.57. The lowest BCUT2D eigenvalue weighted by Gasteiger charge is -2.11. The van der Waals surface area contributed by atoms with Crippen molar-refractivity contribution in [3.8, 4) is 0 Å². The molecular formula is C28H19N5O. The fourth-order valence-electron chi connectivity index (χ4n) is 4.13. The number of hydrogen-bond acceptors (Lipinski definition) is 5. The molecule has 1 aromatic carbocycles. The average Bonchev–Trinajstić information content (AvgIpc) is 3.59. The van der Waals surface area contributed by atoms with E-state index in [0.717, 1.165) is 62.5 Å². The van der Waals surface area contributed by atoms with Crippen LogP contribution >= 0.6 is 0 Å². The van der Waals surface area contributed by atoms with E-state index in [0.29, 0.717) is 0 Å². The van der Waals surface area contributed by atoms with E-state index in [4.69, 9.17) is 15.0 Å². The maximum Gasteiger partial charge on any atom is 0.221 e. The fraction of sp³-hybridized carbons (Fsp3) is 0.0357. The van der Waals surface area contributed by atoms with E-state index in [1.807, 2.05) is 91.1 Å². The molecule has 0 saturated carbocycles. The molecule has 6 nitrogen and oxygen atoms in total. The van der Waals surface area contributed by atoms with Gasteiger partial charge in [0.1, 0.15) is 0 Å². The summed E-state index contributed by atoms with van der Waals surface area (Å²) in [7, 11) is 0. The van der Waals surface area contributed by atoms with E-state index in [-0.39, 0.29) is 5.91 Å². The lowest BCUT2D eigenvalue weighted by atomic mass is 10.00.